The van der Waals surface area contributed by atoms with Gasteiger partial charge in [-0.2, -0.15) is 0 Å². The molecule has 0 saturated carbocycles. The third kappa shape index (κ3) is 9.22. The molecule has 10 nitrogen and oxygen atoms in total. The first kappa shape index (κ1) is 36.4. The molecular formula is C40H48N2O8. The van der Waals surface area contributed by atoms with Crippen LogP contribution in [0.1, 0.15) is 120 Å². The van der Waals surface area contributed by atoms with Gasteiger partial charge in [0.25, 0.3) is 0 Å². The Bertz CT molecular complexity index is 1700. The summed E-state index contributed by atoms with van der Waals surface area (Å²) >= 11 is 0. The topological polar surface area (TPSA) is 129 Å². The van der Waals surface area contributed by atoms with Crippen LogP contribution in [0.2, 0.25) is 0 Å². The maximum absolute atomic E-state index is 14.0. The van der Waals surface area contributed by atoms with Gasteiger partial charge in [0, 0.05) is 35.7 Å². The Labute approximate surface area is 294 Å². The smallest absolute Gasteiger partial charge is 0.412 e. The van der Waals surface area contributed by atoms with Crippen LogP contribution in [0.4, 0.5) is 21.0 Å². The minimum atomic E-state index is -0.625. The molecular weight excluding hydrogens is 636 g/mol. The van der Waals surface area contributed by atoms with Gasteiger partial charge in [-0.05, 0) is 120 Å². The zero-order valence-corrected chi connectivity index (χ0v) is 30.0. The van der Waals surface area contributed by atoms with Gasteiger partial charge in [-0.3, -0.25) is 20.2 Å². The maximum Gasteiger partial charge on any atom is 0.412 e. The molecule has 0 aromatic heterocycles. The third-order valence-electron chi connectivity index (χ3n) is 8.84. The van der Waals surface area contributed by atoms with Crippen LogP contribution in [0.25, 0.3) is 0 Å². The Morgan fingerprint density at radius 3 is 1.84 bits per heavy atom. The molecule has 2 N–H and O–H groups in total. The predicted molar refractivity (Wildman–Crippen MR) is 191 cm³/mol. The molecule has 0 saturated heterocycles. The number of nitrogens with one attached hydrogen (secondary N) is 2. The fourth-order valence-electron chi connectivity index (χ4n) is 6.86. The van der Waals surface area contributed by atoms with Crippen LogP contribution in [0.3, 0.4) is 0 Å². The van der Waals surface area contributed by atoms with Gasteiger partial charge in [-0.25, -0.2) is 9.59 Å². The van der Waals surface area contributed by atoms with E-state index in [-0.39, 0.29) is 42.5 Å². The fourth-order valence-corrected chi connectivity index (χ4v) is 6.86. The number of benzene rings is 3. The van der Waals surface area contributed by atoms with Gasteiger partial charge in [-0.15, -0.1) is 0 Å². The van der Waals surface area contributed by atoms with Crippen LogP contribution in [0.5, 0.6) is 5.75 Å². The average Bonchev–Trinajstić information content (AvgIpc) is 3.03. The van der Waals surface area contributed by atoms with Gasteiger partial charge >= 0.3 is 18.2 Å². The van der Waals surface area contributed by atoms with E-state index >= 15 is 0 Å². The highest BCUT2D eigenvalue weighted by molar-refractivity contribution is 5.89. The van der Waals surface area contributed by atoms with Crippen LogP contribution in [-0.2, 0) is 23.8 Å². The van der Waals surface area contributed by atoms with Crippen molar-refractivity contribution >= 4 is 35.3 Å². The second-order valence-electron chi connectivity index (χ2n) is 15.0. The Morgan fingerprint density at radius 2 is 1.30 bits per heavy atom. The number of Topliss-reactive ketones (excluding diaryl/α,β-unsaturated/α-hetero) is 1. The summed E-state index contributed by atoms with van der Waals surface area (Å²) in [5.41, 5.74) is 3.98. The summed E-state index contributed by atoms with van der Waals surface area (Å²) < 4.78 is 22.2. The van der Waals surface area contributed by atoms with Gasteiger partial charge in [0.2, 0.25) is 0 Å². The molecule has 3 aromatic carbocycles. The molecule has 0 radical (unpaired) electrons. The summed E-state index contributed by atoms with van der Waals surface area (Å²) in [5.74, 6) is 0.0452. The van der Waals surface area contributed by atoms with Crippen LogP contribution in [0.15, 0.2) is 66.7 Å². The summed E-state index contributed by atoms with van der Waals surface area (Å²) in [5, 5.41) is 5.57. The summed E-state index contributed by atoms with van der Waals surface area (Å²) in [4.78, 5) is 50.6. The number of carbonyl (C=O) groups excluding carboxylic acids is 4. The first-order valence-corrected chi connectivity index (χ1v) is 17.2. The molecule has 0 spiro atoms. The zero-order chi connectivity index (χ0) is 36.2. The van der Waals surface area contributed by atoms with E-state index in [1.165, 1.54) is 7.11 Å². The van der Waals surface area contributed by atoms with E-state index in [1.807, 2.05) is 108 Å². The molecule has 0 bridgehead atoms. The lowest BCUT2D eigenvalue weighted by Gasteiger charge is -2.43. The fraction of sp³-hybridized carbons (Fsp3) is 0.450. The molecule has 266 valence electrons. The van der Waals surface area contributed by atoms with Crippen molar-refractivity contribution in [3.8, 4) is 5.75 Å². The highest BCUT2D eigenvalue weighted by Crippen LogP contribution is 2.56. The summed E-state index contributed by atoms with van der Waals surface area (Å²) in [6, 6.07) is 21.1. The van der Waals surface area contributed by atoms with E-state index in [0.717, 1.165) is 28.0 Å². The summed E-state index contributed by atoms with van der Waals surface area (Å²) in [7, 11) is 1.35. The van der Waals surface area contributed by atoms with Crippen molar-refractivity contribution in [2.45, 2.75) is 109 Å². The van der Waals surface area contributed by atoms with Gasteiger partial charge in [0.1, 0.15) is 28.8 Å². The molecule has 50 heavy (non-hydrogen) atoms. The van der Waals surface area contributed by atoms with Crippen molar-refractivity contribution < 1.29 is 38.1 Å². The minimum absolute atomic E-state index is 0.0666. The number of ether oxygens (including phenoxy) is 4. The van der Waals surface area contributed by atoms with E-state index in [9.17, 15) is 19.2 Å². The van der Waals surface area contributed by atoms with Crippen LogP contribution in [-0.4, -0.2) is 42.3 Å². The Balaban J connectivity index is 1.41. The minimum Gasteiger partial charge on any atom is -0.485 e. The van der Waals surface area contributed by atoms with E-state index in [2.05, 4.69) is 10.6 Å². The van der Waals surface area contributed by atoms with Crippen LogP contribution >= 0.6 is 0 Å². The second-order valence-corrected chi connectivity index (χ2v) is 15.0. The number of anilines is 2. The largest absolute Gasteiger partial charge is 0.485 e. The SMILES string of the molecule is COC(=O)CCCC(=O)[C@@H]1c2cccc3c2[C@H](C[C@@H](c2ccc(NC(=O)OC(C)(C)C)cc2)O3)C[C@H]1c1ccc(NC(=O)OC(C)(C)C)cc1. The molecule has 2 aliphatic rings. The maximum atomic E-state index is 14.0. The number of esters is 1. The van der Waals surface area contributed by atoms with Crippen molar-refractivity contribution in [3.05, 3.63) is 89.0 Å². The second kappa shape index (κ2) is 14.9. The van der Waals surface area contributed by atoms with Crippen molar-refractivity contribution in [2.75, 3.05) is 17.7 Å². The van der Waals surface area contributed by atoms with Gasteiger partial charge in [0.15, 0.2) is 0 Å². The van der Waals surface area contributed by atoms with Crippen molar-refractivity contribution in [2.24, 2.45) is 0 Å². The number of amides is 2. The molecule has 1 aliphatic heterocycles. The molecule has 5 rings (SSSR count). The number of methoxy groups -OCH3 is 1. The Morgan fingerprint density at radius 1 is 0.740 bits per heavy atom. The highest BCUT2D eigenvalue weighted by Gasteiger charge is 2.44. The number of carbonyl (C=O) groups is 4. The molecule has 1 heterocycles. The number of rotatable bonds is 9. The summed E-state index contributed by atoms with van der Waals surface area (Å²) in [6.07, 6.45) is 0.972. The lowest BCUT2D eigenvalue weighted by atomic mass is 9.64. The van der Waals surface area contributed by atoms with Gasteiger partial charge in [-0.1, -0.05) is 36.4 Å². The molecule has 3 aromatic rings. The van der Waals surface area contributed by atoms with Crippen molar-refractivity contribution in [3.63, 3.8) is 0 Å². The lowest BCUT2D eigenvalue weighted by molar-refractivity contribution is -0.140. The summed E-state index contributed by atoms with van der Waals surface area (Å²) in [6.45, 7) is 10.9. The number of hydrogen-bond donors (Lipinski definition) is 2. The van der Waals surface area contributed by atoms with Crippen LogP contribution in [0, 0.1) is 0 Å². The quantitative estimate of drug-likeness (QED) is 0.169. The molecule has 10 heteroatoms. The van der Waals surface area contributed by atoms with E-state index in [1.54, 1.807) is 0 Å². The van der Waals surface area contributed by atoms with E-state index in [4.69, 9.17) is 18.9 Å². The third-order valence-corrected chi connectivity index (χ3v) is 8.84. The molecule has 0 unspecified atom stereocenters. The first-order chi connectivity index (χ1) is 23.6. The van der Waals surface area contributed by atoms with Crippen molar-refractivity contribution in [1.82, 2.24) is 0 Å². The Hall–Kier alpha value is -4.86. The van der Waals surface area contributed by atoms with Gasteiger partial charge < -0.3 is 18.9 Å². The molecule has 4 atom stereocenters. The Kier molecular flexibility index (Phi) is 10.9. The van der Waals surface area contributed by atoms with E-state index in [0.29, 0.717) is 30.6 Å². The predicted octanol–water partition coefficient (Wildman–Crippen LogP) is 9.17. The molecule has 2 amide bonds. The first-order valence-electron chi connectivity index (χ1n) is 17.2. The molecule has 1 aliphatic carbocycles. The average molecular weight is 685 g/mol. The normalized spacial score (nSPS) is 19.7. The number of hydrogen-bond acceptors (Lipinski definition) is 8. The van der Waals surface area contributed by atoms with Crippen molar-refractivity contribution in [1.29, 1.82) is 0 Å². The van der Waals surface area contributed by atoms with E-state index < -0.39 is 29.3 Å². The zero-order valence-electron chi connectivity index (χ0n) is 30.0. The monoisotopic (exact) mass is 684 g/mol. The van der Waals surface area contributed by atoms with Gasteiger partial charge in [0.05, 0.1) is 7.11 Å². The highest BCUT2D eigenvalue weighted by atomic mass is 16.6. The van der Waals surface area contributed by atoms with Crippen LogP contribution < -0.4 is 15.4 Å². The lowest BCUT2D eigenvalue weighted by Crippen LogP contribution is -2.32. The standard InChI is InChI=1S/C40H48N2O8/c1-39(2,3)49-37(45)41-27-18-14-24(15-19-27)30-22-26-23-33(25-16-20-28(21-17-25)42-38(46)50-40(4,5)6)48-32-12-8-10-29(35(26)32)36(30)31(43)11-9-13-34(44)47-7/h8,10,12,14-21,26,30,33,36H,9,11,13,22-23H2,1-7H3,(H,41,45)(H,42,46)/t26-,30-,33-,36+/m0/s1. The number of ketones is 1. The molecule has 0 fully saturated rings.